The molecule has 1 heterocycles. The molecule has 16 heavy (non-hydrogen) atoms. The monoisotopic (exact) mass is 285 g/mol. The summed E-state index contributed by atoms with van der Waals surface area (Å²) < 4.78 is 0.696. The summed E-state index contributed by atoms with van der Waals surface area (Å²) in [6.07, 6.45) is 3.63. The van der Waals surface area contributed by atoms with Gasteiger partial charge in [0.05, 0.1) is 0 Å². The summed E-state index contributed by atoms with van der Waals surface area (Å²) in [5.41, 5.74) is 1.24. The van der Waals surface area contributed by atoms with Crippen molar-refractivity contribution in [1.82, 2.24) is 0 Å². The molecule has 88 valence electrons. The fourth-order valence-electron chi connectivity index (χ4n) is 2.10. The second-order valence-corrected chi connectivity index (χ2v) is 7.34. The maximum absolute atomic E-state index is 10.4. The van der Waals surface area contributed by atoms with E-state index in [9.17, 15) is 5.11 Å². The predicted molar refractivity (Wildman–Crippen MR) is 69.3 cm³/mol. The van der Waals surface area contributed by atoms with Crippen molar-refractivity contribution >= 4 is 25.1 Å². The van der Waals surface area contributed by atoms with Crippen molar-refractivity contribution in [3.8, 4) is 0 Å². The first-order valence-corrected chi connectivity index (χ1v) is 7.64. The summed E-state index contributed by atoms with van der Waals surface area (Å²) in [5, 5.41) is 10.4. The van der Waals surface area contributed by atoms with Gasteiger partial charge in [-0.3, -0.25) is 0 Å². The van der Waals surface area contributed by atoms with Gasteiger partial charge < -0.3 is 0 Å². The molecule has 3 heteroatoms. The molecule has 1 aromatic rings. The van der Waals surface area contributed by atoms with Crippen LogP contribution in [0.2, 0.25) is 0 Å². The molecule has 1 aliphatic heterocycles. The Balaban J connectivity index is 2.15. The van der Waals surface area contributed by atoms with Crippen LogP contribution in [-0.4, -0.2) is 31.2 Å². The number of hydrogen-bond donors (Lipinski definition) is 1. The summed E-state index contributed by atoms with van der Waals surface area (Å²) in [6.45, 7) is 5.12. The third-order valence-corrected chi connectivity index (χ3v) is 5.40. The van der Waals surface area contributed by atoms with Crippen LogP contribution in [-0.2, 0) is 0 Å². The van der Waals surface area contributed by atoms with Gasteiger partial charge in [-0.05, 0) is 0 Å². The fraction of sp³-hybridized carbons (Fsp3) is 0.538. The molecule has 0 bridgehead atoms. The summed E-state index contributed by atoms with van der Waals surface area (Å²) in [5.74, 6) is 0. The van der Waals surface area contributed by atoms with Crippen molar-refractivity contribution in [2.75, 3.05) is 11.4 Å². The number of nitrogens with zero attached hydrogens (tertiary/aromatic N) is 1. The minimum atomic E-state index is -0.634. The standard InChI is InChI=1S/C13H19NOSe/c1-3-4-7-10-14-11-8-5-6-9-12(11)16-13(14,2)15/h5-6,8-9,15H,3-4,7,10H2,1-2H3/t13-/m1/s1. The van der Waals surface area contributed by atoms with Gasteiger partial charge >= 0.3 is 104 Å². The Kier molecular flexibility index (Phi) is 3.58. The van der Waals surface area contributed by atoms with Gasteiger partial charge in [0.2, 0.25) is 0 Å². The molecule has 2 nitrogen and oxygen atoms in total. The summed E-state index contributed by atoms with van der Waals surface area (Å²) in [6, 6.07) is 8.39. The number of benzene rings is 1. The van der Waals surface area contributed by atoms with E-state index in [0.717, 1.165) is 13.0 Å². The van der Waals surface area contributed by atoms with E-state index in [1.807, 2.05) is 6.92 Å². The van der Waals surface area contributed by atoms with E-state index < -0.39 is 4.62 Å². The molecule has 0 saturated carbocycles. The zero-order chi connectivity index (χ0) is 11.6. The second kappa shape index (κ2) is 4.78. The number of para-hydroxylation sites is 1. The van der Waals surface area contributed by atoms with Gasteiger partial charge in [0.15, 0.2) is 0 Å². The van der Waals surface area contributed by atoms with Crippen molar-refractivity contribution in [2.24, 2.45) is 0 Å². The van der Waals surface area contributed by atoms with Crippen LogP contribution in [0.25, 0.3) is 0 Å². The van der Waals surface area contributed by atoms with Crippen molar-refractivity contribution in [1.29, 1.82) is 0 Å². The van der Waals surface area contributed by atoms with E-state index in [-0.39, 0.29) is 15.0 Å². The van der Waals surface area contributed by atoms with E-state index in [2.05, 4.69) is 36.1 Å². The molecular formula is C13H19NOSe. The first-order chi connectivity index (χ1) is 7.65. The van der Waals surface area contributed by atoms with Crippen molar-refractivity contribution in [2.45, 2.75) is 37.7 Å². The van der Waals surface area contributed by atoms with Crippen LogP contribution < -0.4 is 9.36 Å². The van der Waals surface area contributed by atoms with Crippen molar-refractivity contribution < 1.29 is 5.11 Å². The third-order valence-electron chi connectivity index (χ3n) is 2.95. The Hall–Kier alpha value is -0.501. The number of rotatable bonds is 4. The Morgan fingerprint density at radius 3 is 2.81 bits per heavy atom. The molecule has 0 radical (unpaired) electrons. The van der Waals surface area contributed by atoms with Crippen LogP contribution in [0.15, 0.2) is 24.3 Å². The number of fused-ring (bicyclic) bond motifs is 1. The molecule has 1 aliphatic rings. The SMILES string of the molecule is CCCCCN1c2ccccc2[Se][C@@]1(C)O. The van der Waals surface area contributed by atoms with E-state index >= 15 is 0 Å². The van der Waals surface area contributed by atoms with Crippen LogP contribution in [0.3, 0.4) is 0 Å². The van der Waals surface area contributed by atoms with Crippen LogP contribution >= 0.6 is 0 Å². The molecule has 1 N–H and O–H groups in total. The third kappa shape index (κ3) is 2.27. The van der Waals surface area contributed by atoms with Crippen LogP contribution in [0.5, 0.6) is 0 Å². The first-order valence-electron chi connectivity index (χ1n) is 5.93. The van der Waals surface area contributed by atoms with E-state index in [1.165, 1.54) is 23.0 Å². The predicted octanol–water partition coefficient (Wildman–Crippen LogP) is 1.69. The summed E-state index contributed by atoms with van der Waals surface area (Å²) >= 11 is 0.149. The zero-order valence-electron chi connectivity index (χ0n) is 9.94. The molecule has 0 amide bonds. The normalized spacial score (nSPS) is 23.6. The average molecular weight is 284 g/mol. The molecule has 2 rings (SSSR count). The van der Waals surface area contributed by atoms with Crippen LogP contribution in [0.4, 0.5) is 5.69 Å². The summed E-state index contributed by atoms with van der Waals surface area (Å²) in [7, 11) is 0. The van der Waals surface area contributed by atoms with Gasteiger partial charge in [0.25, 0.3) is 0 Å². The number of hydrogen-bond acceptors (Lipinski definition) is 2. The van der Waals surface area contributed by atoms with Crippen LogP contribution in [0, 0.1) is 0 Å². The Bertz CT molecular complexity index is 365. The number of unbranched alkanes of at least 4 members (excludes halogenated alkanes) is 2. The molecule has 1 aromatic carbocycles. The maximum atomic E-state index is 10.4. The number of anilines is 1. The molecule has 1 atom stereocenters. The molecule has 0 aromatic heterocycles. The fourth-order valence-corrected chi connectivity index (χ4v) is 4.51. The molecule has 0 unspecified atom stereocenters. The molecular weight excluding hydrogens is 265 g/mol. The Morgan fingerprint density at radius 2 is 2.06 bits per heavy atom. The molecule has 0 saturated heterocycles. The van der Waals surface area contributed by atoms with Gasteiger partial charge in [0, 0.05) is 0 Å². The number of aliphatic hydroxyl groups is 1. The van der Waals surface area contributed by atoms with Gasteiger partial charge in [-0.15, -0.1) is 0 Å². The zero-order valence-corrected chi connectivity index (χ0v) is 11.7. The molecule has 0 fully saturated rings. The topological polar surface area (TPSA) is 23.5 Å². The van der Waals surface area contributed by atoms with Gasteiger partial charge in [-0.1, -0.05) is 0 Å². The van der Waals surface area contributed by atoms with Crippen molar-refractivity contribution in [3.05, 3.63) is 24.3 Å². The van der Waals surface area contributed by atoms with E-state index in [1.54, 1.807) is 0 Å². The van der Waals surface area contributed by atoms with Crippen LogP contribution in [0.1, 0.15) is 33.1 Å². The minimum absolute atomic E-state index is 0.149. The Morgan fingerprint density at radius 1 is 1.31 bits per heavy atom. The quantitative estimate of drug-likeness (QED) is 0.672. The second-order valence-electron chi connectivity index (χ2n) is 4.36. The van der Waals surface area contributed by atoms with E-state index in [0.29, 0.717) is 0 Å². The van der Waals surface area contributed by atoms with E-state index in [4.69, 9.17) is 0 Å². The van der Waals surface area contributed by atoms with Gasteiger partial charge in [0.1, 0.15) is 0 Å². The van der Waals surface area contributed by atoms with Gasteiger partial charge in [-0.25, -0.2) is 0 Å². The van der Waals surface area contributed by atoms with Gasteiger partial charge in [-0.2, -0.15) is 0 Å². The Labute approximate surface area is 104 Å². The summed E-state index contributed by atoms with van der Waals surface area (Å²) in [4.78, 5) is 2.18. The van der Waals surface area contributed by atoms with Crippen molar-refractivity contribution in [3.63, 3.8) is 0 Å². The molecule has 0 spiro atoms. The average Bonchev–Trinajstić information content (AvgIpc) is 2.50. The first kappa shape index (κ1) is 12.0. The molecule has 0 aliphatic carbocycles.